The molecule has 2 aromatic rings. The van der Waals surface area contributed by atoms with E-state index in [-0.39, 0.29) is 17.7 Å². The highest BCUT2D eigenvalue weighted by atomic mass is 16.5. The van der Waals surface area contributed by atoms with Crippen molar-refractivity contribution < 1.29 is 14.1 Å². The predicted molar refractivity (Wildman–Crippen MR) is 132 cm³/mol. The summed E-state index contributed by atoms with van der Waals surface area (Å²) in [7, 11) is 0. The van der Waals surface area contributed by atoms with Gasteiger partial charge in [-0.05, 0) is 76.6 Å². The van der Waals surface area contributed by atoms with Gasteiger partial charge < -0.3 is 14.3 Å². The molecule has 2 aliphatic heterocycles. The Morgan fingerprint density at radius 2 is 1.76 bits per heavy atom. The van der Waals surface area contributed by atoms with Crippen molar-refractivity contribution in [1.82, 2.24) is 15.0 Å². The Morgan fingerprint density at radius 3 is 2.38 bits per heavy atom. The van der Waals surface area contributed by atoms with Crippen molar-refractivity contribution >= 4 is 17.6 Å². The van der Waals surface area contributed by atoms with E-state index >= 15 is 0 Å². The molecule has 7 heteroatoms. The third-order valence-electron chi connectivity index (χ3n) is 7.38. The van der Waals surface area contributed by atoms with Crippen molar-refractivity contribution in [3.8, 4) is 0 Å². The standard InChI is InChI=1S/C27H38N4O3/c1-21-19-26(28-34-21)31(27(33)25-11-17-30(18-12-25)22(2)32)14-6-13-29-15-9-24(10-16-29)20-23-7-4-3-5-8-23/h3-5,7-8,19,24-25H,6,9-18,20H2,1-2H3. The maximum Gasteiger partial charge on any atom is 0.231 e. The molecule has 34 heavy (non-hydrogen) atoms. The SMILES string of the molecule is CC(=O)N1CCC(C(=O)N(CCCN2CCC(Cc3ccccc3)CC2)c2cc(C)on2)CC1. The number of anilines is 1. The van der Waals surface area contributed by atoms with Crippen LogP contribution in [0.3, 0.4) is 0 Å². The molecule has 7 nitrogen and oxygen atoms in total. The lowest BCUT2D eigenvalue weighted by Crippen LogP contribution is -2.45. The second-order valence-electron chi connectivity index (χ2n) is 9.89. The Kier molecular flexibility index (Phi) is 8.38. The van der Waals surface area contributed by atoms with Crippen molar-refractivity contribution in [3.63, 3.8) is 0 Å². The summed E-state index contributed by atoms with van der Waals surface area (Å²) in [6.45, 7) is 8.62. The number of aromatic nitrogens is 1. The second kappa shape index (κ2) is 11.6. The Balaban J connectivity index is 1.26. The molecule has 0 saturated carbocycles. The first-order valence-electron chi connectivity index (χ1n) is 12.8. The van der Waals surface area contributed by atoms with Crippen LogP contribution in [0.2, 0.25) is 0 Å². The van der Waals surface area contributed by atoms with Crippen LogP contribution in [-0.2, 0) is 16.0 Å². The van der Waals surface area contributed by atoms with Crippen LogP contribution in [0.1, 0.15) is 50.4 Å². The van der Waals surface area contributed by atoms with Gasteiger partial charge in [0, 0.05) is 38.5 Å². The largest absolute Gasteiger partial charge is 0.360 e. The lowest BCUT2D eigenvalue weighted by Gasteiger charge is -2.34. The summed E-state index contributed by atoms with van der Waals surface area (Å²) >= 11 is 0. The summed E-state index contributed by atoms with van der Waals surface area (Å²) in [6, 6.07) is 12.6. The lowest BCUT2D eigenvalue weighted by molar-refractivity contribution is -0.133. The molecule has 0 bridgehead atoms. The Bertz CT molecular complexity index is 928. The molecular formula is C27H38N4O3. The predicted octanol–water partition coefficient (Wildman–Crippen LogP) is 3.92. The zero-order valence-corrected chi connectivity index (χ0v) is 20.6. The second-order valence-corrected chi connectivity index (χ2v) is 9.89. The third kappa shape index (κ3) is 6.47. The van der Waals surface area contributed by atoms with Crippen LogP contribution < -0.4 is 4.90 Å². The van der Waals surface area contributed by atoms with Crippen molar-refractivity contribution in [2.24, 2.45) is 11.8 Å². The van der Waals surface area contributed by atoms with Gasteiger partial charge >= 0.3 is 0 Å². The number of piperidine rings is 2. The molecule has 1 aromatic heterocycles. The number of aryl methyl sites for hydroxylation is 1. The molecule has 0 N–H and O–H groups in total. The van der Waals surface area contributed by atoms with Crippen LogP contribution in [-0.4, -0.2) is 66.0 Å². The first kappa shape index (κ1) is 24.5. The number of benzene rings is 1. The number of amides is 2. The highest BCUT2D eigenvalue weighted by Gasteiger charge is 2.31. The average Bonchev–Trinajstić information content (AvgIpc) is 3.29. The third-order valence-corrected chi connectivity index (χ3v) is 7.38. The van der Waals surface area contributed by atoms with Crippen LogP contribution in [0.4, 0.5) is 5.82 Å². The van der Waals surface area contributed by atoms with Crippen molar-refractivity contribution in [2.45, 2.75) is 52.4 Å². The van der Waals surface area contributed by atoms with E-state index in [1.54, 1.807) is 6.92 Å². The summed E-state index contributed by atoms with van der Waals surface area (Å²) in [4.78, 5) is 31.2. The quantitative estimate of drug-likeness (QED) is 0.590. The molecule has 0 spiro atoms. The smallest absolute Gasteiger partial charge is 0.231 e. The van der Waals surface area contributed by atoms with E-state index in [1.165, 1.54) is 24.8 Å². The van der Waals surface area contributed by atoms with Gasteiger partial charge in [-0.25, -0.2) is 0 Å². The number of rotatable bonds is 8. The molecule has 4 rings (SSSR count). The van der Waals surface area contributed by atoms with Gasteiger partial charge in [0.2, 0.25) is 11.8 Å². The maximum atomic E-state index is 13.4. The zero-order valence-electron chi connectivity index (χ0n) is 20.6. The maximum absolute atomic E-state index is 13.4. The minimum atomic E-state index is -0.0682. The van der Waals surface area contributed by atoms with Crippen molar-refractivity contribution in [1.29, 1.82) is 0 Å². The first-order valence-corrected chi connectivity index (χ1v) is 12.8. The number of carbonyl (C=O) groups is 2. The van der Waals surface area contributed by atoms with Crippen molar-refractivity contribution in [3.05, 3.63) is 47.7 Å². The minimum absolute atomic E-state index is 0.0682. The molecule has 0 atom stereocenters. The fraction of sp³-hybridized carbons (Fsp3) is 0.593. The molecule has 2 amide bonds. The molecule has 2 saturated heterocycles. The van der Waals surface area contributed by atoms with E-state index in [4.69, 9.17) is 4.52 Å². The van der Waals surface area contributed by atoms with Crippen molar-refractivity contribution in [2.75, 3.05) is 44.2 Å². The summed E-state index contributed by atoms with van der Waals surface area (Å²) in [5.41, 5.74) is 1.44. The van der Waals surface area contributed by atoms with E-state index in [9.17, 15) is 9.59 Å². The minimum Gasteiger partial charge on any atom is -0.360 e. The molecule has 1 aromatic carbocycles. The molecule has 0 unspecified atom stereocenters. The molecular weight excluding hydrogens is 428 g/mol. The Labute approximate surface area is 203 Å². The van der Waals surface area contributed by atoms with Gasteiger partial charge in [0.15, 0.2) is 5.82 Å². The Morgan fingerprint density at radius 1 is 1.06 bits per heavy atom. The molecule has 2 fully saturated rings. The normalized spacial score (nSPS) is 18.2. The fourth-order valence-electron chi connectivity index (χ4n) is 5.29. The summed E-state index contributed by atoms with van der Waals surface area (Å²) in [6.07, 6.45) is 5.96. The highest BCUT2D eigenvalue weighted by Crippen LogP contribution is 2.25. The van der Waals surface area contributed by atoms with Gasteiger partial charge in [-0.1, -0.05) is 35.5 Å². The number of carbonyl (C=O) groups excluding carboxylic acids is 2. The van der Waals surface area contributed by atoms with Crippen LogP contribution in [0.5, 0.6) is 0 Å². The summed E-state index contributed by atoms with van der Waals surface area (Å²) in [5.74, 6) is 2.20. The van der Waals surface area contributed by atoms with E-state index in [1.807, 2.05) is 22.8 Å². The van der Waals surface area contributed by atoms with E-state index in [0.717, 1.165) is 32.0 Å². The van der Waals surface area contributed by atoms with Gasteiger partial charge in [0.25, 0.3) is 0 Å². The number of hydrogen-bond acceptors (Lipinski definition) is 5. The van der Waals surface area contributed by atoms with E-state index in [2.05, 4.69) is 40.4 Å². The number of nitrogens with zero attached hydrogens (tertiary/aromatic N) is 4. The van der Waals surface area contributed by atoms with Gasteiger partial charge in [-0.15, -0.1) is 0 Å². The molecule has 0 radical (unpaired) electrons. The Hall–Kier alpha value is -2.67. The monoisotopic (exact) mass is 466 g/mol. The fourth-order valence-corrected chi connectivity index (χ4v) is 5.29. The van der Waals surface area contributed by atoms with Crippen LogP contribution in [0, 0.1) is 18.8 Å². The van der Waals surface area contributed by atoms with E-state index < -0.39 is 0 Å². The van der Waals surface area contributed by atoms with Crippen LogP contribution in [0.15, 0.2) is 40.9 Å². The first-order chi connectivity index (χ1) is 16.5. The molecule has 0 aliphatic carbocycles. The van der Waals surface area contributed by atoms with Gasteiger partial charge in [-0.2, -0.15) is 0 Å². The van der Waals surface area contributed by atoms with E-state index in [0.29, 0.717) is 44.1 Å². The average molecular weight is 467 g/mol. The van der Waals surface area contributed by atoms with Gasteiger partial charge in [-0.3, -0.25) is 14.5 Å². The number of hydrogen-bond donors (Lipinski definition) is 0. The molecule has 184 valence electrons. The van der Waals surface area contributed by atoms with Crippen LogP contribution >= 0.6 is 0 Å². The topological polar surface area (TPSA) is 69.9 Å². The number of likely N-dealkylation sites (tertiary alicyclic amines) is 2. The lowest BCUT2D eigenvalue weighted by atomic mass is 9.90. The van der Waals surface area contributed by atoms with Gasteiger partial charge in [0.1, 0.15) is 5.76 Å². The zero-order chi connectivity index (χ0) is 23.9. The molecule has 2 aliphatic rings. The highest BCUT2D eigenvalue weighted by molar-refractivity contribution is 5.94. The summed E-state index contributed by atoms with van der Waals surface area (Å²) in [5, 5.41) is 4.14. The van der Waals surface area contributed by atoms with Gasteiger partial charge in [0.05, 0.1) is 0 Å². The summed E-state index contributed by atoms with van der Waals surface area (Å²) < 4.78 is 5.28. The van der Waals surface area contributed by atoms with Crippen LogP contribution in [0.25, 0.3) is 0 Å². The molecule has 3 heterocycles.